The third-order valence-electron chi connectivity index (χ3n) is 5.98. The van der Waals surface area contributed by atoms with E-state index in [0.29, 0.717) is 33.6 Å². The fourth-order valence-electron chi connectivity index (χ4n) is 3.90. The third kappa shape index (κ3) is 7.99. The smallest absolute Gasteiger partial charge is 0.257 e. The minimum atomic E-state index is -0.385. The van der Waals surface area contributed by atoms with Crippen molar-refractivity contribution in [3.05, 3.63) is 130 Å². The molecule has 1 unspecified atom stereocenters. The average molecular weight is 603 g/mol. The molecule has 198 valence electrons. The van der Waals surface area contributed by atoms with Gasteiger partial charge in [0.2, 0.25) is 0 Å². The first-order chi connectivity index (χ1) is 18.9. The van der Waals surface area contributed by atoms with E-state index in [1.54, 1.807) is 42.5 Å². The number of benzene rings is 4. The van der Waals surface area contributed by atoms with Crippen LogP contribution in [0.4, 0.5) is 5.69 Å². The Labute approximate surface area is 241 Å². The van der Waals surface area contributed by atoms with Crippen molar-refractivity contribution < 1.29 is 14.3 Å². The molecule has 4 aromatic carbocycles. The van der Waals surface area contributed by atoms with Gasteiger partial charge in [0.1, 0.15) is 5.75 Å². The Morgan fingerprint density at radius 3 is 2.26 bits per heavy atom. The molecule has 0 spiro atoms. The van der Waals surface area contributed by atoms with Crippen molar-refractivity contribution in [1.29, 1.82) is 0 Å². The van der Waals surface area contributed by atoms with E-state index in [9.17, 15) is 9.59 Å². The van der Waals surface area contributed by atoms with E-state index in [-0.39, 0.29) is 23.0 Å². The number of hydrogen-bond donors (Lipinski definition) is 3. The molecule has 1 atom stereocenters. The van der Waals surface area contributed by atoms with Gasteiger partial charge >= 0.3 is 0 Å². The van der Waals surface area contributed by atoms with Crippen LogP contribution in [0, 0.1) is 0 Å². The van der Waals surface area contributed by atoms with Crippen molar-refractivity contribution in [2.75, 3.05) is 11.9 Å². The van der Waals surface area contributed by atoms with Crippen LogP contribution in [0.25, 0.3) is 0 Å². The average Bonchev–Trinajstić information content (AvgIpc) is 2.95. The van der Waals surface area contributed by atoms with Crippen molar-refractivity contribution in [1.82, 2.24) is 10.6 Å². The lowest BCUT2D eigenvalue weighted by Gasteiger charge is -2.17. The Morgan fingerprint density at radius 1 is 0.872 bits per heavy atom. The van der Waals surface area contributed by atoms with Crippen molar-refractivity contribution >= 4 is 50.8 Å². The topological polar surface area (TPSA) is 79.5 Å². The molecule has 0 aliphatic heterocycles. The van der Waals surface area contributed by atoms with Gasteiger partial charge in [0.05, 0.1) is 28.4 Å². The normalized spacial score (nSPS) is 11.2. The molecule has 0 heterocycles. The van der Waals surface area contributed by atoms with Crippen LogP contribution in [0.3, 0.4) is 0 Å². The summed E-state index contributed by atoms with van der Waals surface area (Å²) in [6, 6.07) is 31.7. The van der Waals surface area contributed by atoms with E-state index < -0.39 is 0 Å². The number of anilines is 1. The number of rotatable bonds is 9. The zero-order valence-corrected chi connectivity index (χ0v) is 23.7. The van der Waals surface area contributed by atoms with E-state index in [1.807, 2.05) is 55.5 Å². The number of nitrogens with one attached hydrogen (secondary N) is 3. The Balaban J connectivity index is 1.33. The highest BCUT2D eigenvalue weighted by Gasteiger charge is 2.17. The van der Waals surface area contributed by atoms with E-state index in [1.165, 1.54) is 5.56 Å². The summed E-state index contributed by atoms with van der Waals surface area (Å²) < 4.78 is 6.54. The van der Waals surface area contributed by atoms with Crippen LogP contribution in [-0.2, 0) is 6.42 Å². The zero-order chi connectivity index (χ0) is 27.6. The lowest BCUT2D eigenvalue weighted by atomic mass is 10.1. The summed E-state index contributed by atoms with van der Waals surface area (Å²) in [6.45, 7) is 2.44. The van der Waals surface area contributed by atoms with Crippen molar-refractivity contribution in [2.45, 2.75) is 19.4 Å². The summed E-state index contributed by atoms with van der Waals surface area (Å²) in [5.41, 5.74) is 3.50. The Morgan fingerprint density at radius 2 is 1.54 bits per heavy atom. The number of thiocarbonyl (C=S) groups is 1. The van der Waals surface area contributed by atoms with Gasteiger partial charge in [0, 0.05) is 12.0 Å². The molecule has 39 heavy (non-hydrogen) atoms. The Bertz CT molecular complexity index is 1450. The molecule has 4 rings (SSSR count). The first kappa shape index (κ1) is 28.0. The van der Waals surface area contributed by atoms with E-state index in [2.05, 4.69) is 44.0 Å². The second kappa shape index (κ2) is 13.7. The SMILES string of the molecule is CC(NC(=O)c1ccccc1NC(=S)NC(=O)c1ccc(OCCc2ccccc2)c(Br)c1)c1ccccc1. The molecule has 0 fully saturated rings. The minimum Gasteiger partial charge on any atom is -0.492 e. The van der Waals surface area contributed by atoms with Gasteiger partial charge in [-0.15, -0.1) is 0 Å². The fourth-order valence-corrected chi connectivity index (χ4v) is 4.60. The molecule has 6 nitrogen and oxygen atoms in total. The highest BCUT2D eigenvalue weighted by molar-refractivity contribution is 9.10. The predicted molar refractivity (Wildman–Crippen MR) is 162 cm³/mol. The minimum absolute atomic E-state index is 0.0793. The summed E-state index contributed by atoms with van der Waals surface area (Å²) in [5, 5.41) is 8.73. The maximum atomic E-state index is 13.0. The molecule has 0 aliphatic carbocycles. The van der Waals surface area contributed by atoms with Crippen LogP contribution < -0.4 is 20.7 Å². The predicted octanol–water partition coefficient (Wildman–Crippen LogP) is 6.69. The van der Waals surface area contributed by atoms with Crippen LogP contribution in [0.2, 0.25) is 0 Å². The van der Waals surface area contributed by atoms with Gasteiger partial charge in [-0.05, 0) is 76.5 Å². The van der Waals surface area contributed by atoms with Gasteiger partial charge in [-0.3, -0.25) is 14.9 Å². The molecule has 0 aromatic heterocycles. The van der Waals surface area contributed by atoms with Crippen molar-refractivity contribution in [3.8, 4) is 5.75 Å². The zero-order valence-electron chi connectivity index (χ0n) is 21.3. The lowest BCUT2D eigenvalue weighted by Crippen LogP contribution is -2.35. The molecule has 0 aliphatic rings. The largest absolute Gasteiger partial charge is 0.492 e. The standard InChI is InChI=1S/C31H28BrN3O3S/c1-21(23-12-6-3-7-13-23)33-30(37)25-14-8-9-15-27(25)34-31(39)35-29(36)24-16-17-28(26(32)20-24)38-19-18-22-10-4-2-5-11-22/h2-17,20-21H,18-19H2,1H3,(H,33,37)(H2,34,35,36,39). The Kier molecular flexibility index (Phi) is 9.83. The van der Waals surface area contributed by atoms with E-state index >= 15 is 0 Å². The molecule has 0 saturated heterocycles. The number of amides is 2. The molecule has 0 radical (unpaired) electrons. The molecular formula is C31H28BrN3O3S. The first-order valence-corrected chi connectivity index (χ1v) is 13.6. The number of carbonyl (C=O) groups excluding carboxylic acids is 2. The molecule has 4 aromatic rings. The summed E-state index contributed by atoms with van der Waals surface area (Å²) in [5.74, 6) is 0.00637. The monoisotopic (exact) mass is 601 g/mol. The number of carbonyl (C=O) groups is 2. The third-order valence-corrected chi connectivity index (χ3v) is 6.80. The second-order valence-corrected chi connectivity index (χ2v) is 10.1. The van der Waals surface area contributed by atoms with Gasteiger partial charge in [0.25, 0.3) is 11.8 Å². The van der Waals surface area contributed by atoms with Crippen LogP contribution in [-0.4, -0.2) is 23.5 Å². The fraction of sp³-hybridized carbons (Fsp3) is 0.129. The molecular weight excluding hydrogens is 574 g/mol. The first-order valence-electron chi connectivity index (χ1n) is 12.4. The van der Waals surface area contributed by atoms with Crippen molar-refractivity contribution in [2.24, 2.45) is 0 Å². The Hall–Kier alpha value is -4.01. The maximum absolute atomic E-state index is 13.0. The molecule has 3 N–H and O–H groups in total. The summed E-state index contributed by atoms with van der Waals surface area (Å²) >= 11 is 8.86. The van der Waals surface area contributed by atoms with Crippen molar-refractivity contribution in [3.63, 3.8) is 0 Å². The van der Waals surface area contributed by atoms with Gasteiger partial charge in [-0.2, -0.15) is 0 Å². The van der Waals surface area contributed by atoms with Crippen LogP contribution in [0.15, 0.2) is 108 Å². The van der Waals surface area contributed by atoms with Crippen LogP contribution in [0.1, 0.15) is 44.8 Å². The molecule has 0 bridgehead atoms. The van der Waals surface area contributed by atoms with Gasteiger partial charge in [0.15, 0.2) is 5.11 Å². The summed E-state index contributed by atoms with van der Waals surface area (Å²) in [4.78, 5) is 25.9. The van der Waals surface area contributed by atoms with Gasteiger partial charge in [-0.1, -0.05) is 72.8 Å². The van der Waals surface area contributed by atoms with E-state index in [4.69, 9.17) is 17.0 Å². The molecule has 2 amide bonds. The number of para-hydroxylation sites is 1. The molecule has 8 heteroatoms. The number of hydrogen-bond acceptors (Lipinski definition) is 4. The number of ether oxygens (including phenoxy) is 1. The second-order valence-electron chi connectivity index (χ2n) is 8.79. The maximum Gasteiger partial charge on any atom is 0.257 e. The van der Waals surface area contributed by atoms with Crippen LogP contribution >= 0.6 is 28.1 Å². The highest BCUT2D eigenvalue weighted by atomic mass is 79.9. The highest BCUT2D eigenvalue weighted by Crippen LogP contribution is 2.26. The van der Waals surface area contributed by atoms with Gasteiger partial charge < -0.3 is 15.4 Å². The van der Waals surface area contributed by atoms with Gasteiger partial charge in [-0.25, -0.2) is 0 Å². The lowest BCUT2D eigenvalue weighted by molar-refractivity contribution is 0.0939. The summed E-state index contributed by atoms with van der Waals surface area (Å²) in [6.07, 6.45) is 0.778. The summed E-state index contributed by atoms with van der Waals surface area (Å²) in [7, 11) is 0. The van der Waals surface area contributed by atoms with E-state index in [0.717, 1.165) is 12.0 Å². The quantitative estimate of drug-likeness (QED) is 0.186. The number of halogens is 1. The molecule has 0 saturated carbocycles. The van der Waals surface area contributed by atoms with Crippen LogP contribution in [0.5, 0.6) is 5.75 Å².